The molecule has 0 fully saturated rings. The van der Waals surface area contributed by atoms with Gasteiger partial charge in [-0.3, -0.25) is 4.79 Å². The van der Waals surface area contributed by atoms with Crippen LogP contribution in [-0.2, 0) is 11.2 Å². The number of aliphatic carboxylic acids is 1. The Hall–Kier alpha value is -1.29. The van der Waals surface area contributed by atoms with Crippen LogP contribution < -0.4 is 5.11 Å². The van der Waals surface area contributed by atoms with E-state index in [1.54, 1.807) is 6.07 Å². The third-order valence-corrected chi connectivity index (χ3v) is 4.44. The van der Waals surface area contributed by atoms with E-state index in [9.17, 15) is 14.7 Å². The van der Waals surface area contributed by atoms with E-state index in [1.165, 1.54) is 4.90 Å². The molecule has 0 spiro atoms. The van der Waals surface area contributed by atoms with Crippen LogP contribution in [0.15, 0.2) is 23.1 Å². The fourth-order valence-corrected chi connectivity index (χ4v) is 3.29. The minimum absolute atomic E-state index is 0.226. The molecule has 1 heterocycles. The monoisotopic (exact) mass is 263 g/mol. The lowest BCUT2D eigenvalue weighted by Crippen LogP contribution is -2.25. The number of carbonyl (C=O) groups excluding carboxylic acids is 2. The molecular formula is C14H15O3S-. The first-order chi connectivity index (χ1) is 8.37. The van der Waals surface area contributed by atoms with Crippen molar-refractivity contribution in [3.8, 4) is 0 Å². The second-order valence-electron chi connectivity index (χ2n) is 5.16. The SMILES string of the molecule is CC1(C)CCc2cc(C(=O)CC(=O)[O-])ccc2S1. The van der Waals surface area contributed by atoms with E-state index in [0.717, 1.165) is 18.4 Å². The number of rotatable bonds is 3. The topological polar surface area (TPSA) is 57.2 Å². The molecule has 18 heavy (non-hydrogen) atoms. The lowest BCUT2D eigenvalue weighted by molar-refractivity contribution is -0.304. The number of ketones is 1. The van der Waals surface area contributed by atoms with Crippen LogP contribution >= 0.6 is 11.8 Å². The van der Waals surface area contributed by atoms with Gasteiger partial charge in [0.1, 0.15) is 0 Å². The molecule has 1 aliphatic rings. The molecular weight excluding hydrogens is 248 g/mol. The molecule has 0 aromatic heterocycles. The Bertz CT molecular complexity index is 506. The number of carboxylic acids is 1. The van der Waals surface area contributed by atoms with Gasteiger partial charge in [-0.15, -0.1) is 11.8 Å². The zero-order chi connectivity index (χ0) is 13.3. The van der Waals surface area contributed by atoms with Crippen molar-refractivity contribution >= 4 is 23.5 Å². The van der Waals surface area contributed by atoms with Crippen LogP contribution in [0.5, 0.6) is 0 Å². The Kier molecular flexibility index (Phi) is 3.48. The van der Waals surface area contributed by atoms with Gasteiger partial charge in [-0.2, -0.15) is 0 Å². The summed E-state index contributed by atoms with van der Waals surface area (Å²) in [6.45, 7) is 4.41. The van der Waals surface area contributed by atoms with Crippen molar-refractivity contribution in [3.63, 3.8) is 0 Å². The van der Waals surface area contributed by atoms with Gasteiger partial charge < -0.3 is 9.90 Å². The number of fused-ring (bicyclic) bond motifs is 1. The summed E-state index contributed by atoms with van der Waals surface area (Å²) in [5.41, 5.74) is 1.61. The summed E-state index contributed by atoms with van der Waals surface area (Å²) >= 11 is 1.81. The lowest BCUT2D eigenvalue weighted by Gasteiger charge is -2.30. The minimum Gasteiger partial charge on any atom is -0.550 e. The Morgan fingerprint density at radius 2 is 2.11 bits per heavy atom. The lowest BCUT2D eigenvalue weighted by atomic mass is 9.98. The number of benzene rings is 1. The van der Waals surface area contributed by atoms with Gasteiger partial charge in [0, 0.05) is 21.2 Å². The van der Waals surface area contributed by atoms with Gasteiger partial charge in [0.25, 0.3) is 0 Å². The second kappa shape index (κ2) is 4.76. The first-order valence-electron chi connectivity index (χ1n) is 5.92. The largest absolute Gasteiger partial charge is 0.550 e. The Balaban J connectivity index is 2.24. The molecule has 4 heteroatoms. The zero-order valence-corrected chi connectivity index (χ0v) is 11.3. The van der Waals surface area contributed by atoms with Gasteiger partial charge in [0.05, 0.1) is 6.42 Å². The Morgan fingerprint density at radius 3 is 2.78 bits per heavy atom. The summed E-state index contributed by atoms with van der Waals surface area (Å²) in [7, 11) is 0. The highest BCUT2D eigenvalue weighted by atomic mass is 32.2. The van der Waals surface area contributed by atoms with E-state index in [2.05, 4.69) is 13.8 Å². The van der Waals surface area contributed by atoms with Crippen molar-refractivity contribution in [2.75, 3.05) is 0 Å². The quantitative estimate of drug-likeness (QED) is 0.616. The number of carboxylic acid groups (broad SMARTS) is 1. The van der Waals surface area contributed by atoms with E-state index in [-0.39, 0.29) is 10.5 Å². The van der Waals surface area contributed by atoms with Crippen molar-refractivity contribution in [3.05, 3.63) is 29.3 Å². The van der Waals surface area contributed by atoms with Gasteiger partial charge in [-0.05, 0) is 30.5 Å². The summed E-state index contributed by atoms with van der Waals surface area (Å²) in [6, 6.07) is 5.45. The minimum atomic E-state index is -1.33. The van der Waals surface area contributed by atoms with Crippen LogP contribution in [0, 0.1) is 0 Å². The molecule has 0 radical (unpaired) electrons. The first-order valence-corrected chi connectivity index (χ1v) is 6.74. The standard InChI is InChI=1S/C14H16O3S/c1-14(2)6-5-10-7-9(3-4-12(10)18-14)11(15)8-13(16)17/h3-4,7H,5-6,8H2,1-2H3,(H,16,17)/p-1. The summed E-state index contributed by atoms with van der Waals surface area (Å²) in [4.78, 5) is 23.3. The molecule has 0 N–H and O–H groups in total. The number of carbonyl (C=O) groups is 2. The highest BCUT2D eigenvalue weighted by Crippen LogP contribution is 2.42. The smallest absolute Gasteiger partial charge is 0.168 e. The first kappa shape index (κ1) is 13.1. The van der Waals surface area contributed by atoms with Crippen LogP contribution in [0.25, 0.3) is 0 Å². The summed E-state index contributed by atoms with van der Waals surface area (Å²) < 4.78 is 0.226. The fraction of sp³-hybridized carbons (Fsp3) is 0.429. The zero-order valence-electron chi connectivity index (χ0n) is 10.5. The van der Waals surface area contributed by atoms with Gasteiger partial charge >= 0.3 is 0 Å². The maximum absolute atomic E-state index is 11.6. The van der Waals surface area contributed by atoms with E-state index in [1.807, 2.05) is 23.9 Å². The number of hydrogen-bond donors (Lipinski definition) is 0. The molecule has 1 aromatic rings. The Labute approximate surface area is 111 Å². The van der Waals surface area contributed by atoms with Crippen molar-refractivity contribution < 1.29 is 14.7 Å². The third kappa shape index (κ3) is 2.93. The number of thioether (sulfide) groups is 1. The molecule has 0 amide bonds. The summed E-state index contributed by atoms with van der Waals surface area (Å²) in [6.07, 6.45) is 1.45. The van der Waals surface area contributed by atoms with E-state index >= 15 is 0 Å². The molecule has 3 nitrogen and oxygen atoms in total. The summed E-state index contributed by atoms with van der Waals surface area (Å²) in [5.74, 6) is -1.71. The predicted molar refractivity (Wildman–Crippen MR) is 68.7 cm³/mol. The molecule has 0 saturated carbocycles. The van der Waals surface area contributed by atoms with Crippen molar-refractivity contribution in [1.82, 2.24) is 0 Å². The highest BCUT2D eigenvalue weighted by molar-refractivity contribution is 8.00. The molecule has 0 atom stereocenters. The summed E-state index contributed by atoms with van der Waals surface area (Å²) in [5, 5.41) is 10.4. The Morgan fingerprint density at radius 1 is 1.39 bits per heavy atom. The average Bonchev–Trinajstić information content (AvgIpc) is 2.26. The van der Waals surface area contributed by atoms with Crippen LogP contribution in [-0.4, -0.2) is 16.5 Å². The van der Waals surface area contributed by atoms with E-state index in [4.69, 9.17) is 0 Å². The van der Waals surface area contributed by atoms with Gasteiger partial charge in [-0.25, -0.2) is 0 Å². The molecule has 0 bridgehead atoms. The molecule has 0 aliphatic carbocycles. The van der Waals surface area contributed by atoms with Gasteiger partial charge in [0.15, 0.2) is 5.78 Å². The van der Waals surface area contributed by atoms with Crippen LogP contribution in [0.4, 0.5) is 0 Å². The van der Waals surface area contributed by atoms with Gasteiger partial charge in [-0.1, -0.05) is 19.9 Å². The molecule has 0 saturated heterocycles. The molecule has 1 aliphatic heterocycles. The average molecular weight is 263 g/mol. The molecule has 96 valence electrons. The second-order valence-corrected chi connectivity index (χ2v) is 6.91. The number of Topliss-reactive ketones (excluding diaryl/α,β-unsaturated/α-hetero) is 1. The van der Waals surface area contributed by atoms with Crippen molar-refractivity contribution in [2.24, 2.45) is 0 Å². The number of hydrogen-bond acceptors (Lipinski definition) is 4. The molecule has 1 aromatic carbocycles. The van der Waals surface area contributed by atoms with Crippen LogP contribution in [0.2, 0.25) is 0 Å². The van der Waals surface area contributed by atoms with E-state index in [0.29, 0.717) is 5.56 Å². The van der Waals surface area contributed by atoms with Gasteiger partial charge in [0.2, 0.25) is 0 Å². The fourth-order valence-electron chi connectivity index (χ4n) is 2.07. The highest BCUT2D eigenvalue weighted by Gasteiger charge is 2.26. The van der Waals surface area contributed by atoms with Crippen molar-refractivity contribution in [2.45, 2.75) is 42.8 Å². The third-order valence-electron chi connectivity index (χ3n) is 3.07. The van der Waals surface area contributed by atoms with Crippen LogP contribution in [0.1, 0.15) is 42.6 Å². The van der Waals surface area contributed by atoms with Crippen LogP contribution in [0.3, 0.4) is 0 Å². The molecule has 0 unspecified atom stereocenters. The maximum atomic E-state index is 11.6. The molecule has 2 rings (SSSR count). The maximum Gasteiger partial charge on any atom is 0.168 e. The predicted octanol–water partition coefficient (Wildman–Crippen LogP) is 1.83. The number of aryl methyl sites for hydroxylation is 1. The normalized spacial score (nSPS) is 17.0. The van der Waals surface area contributed by atoms with Crippen molar-refractivity contribution in [1.29, 1.82) is 0 Å². The van der Waals surface area contributed by atoms with E-state index < -0.39 is 12.4 Å².